The number of nitrogens with zero attached hydrogens (tertiary/aromatic N) is 1. The molecule has 1 atom stereocenters. The molecule has 1 aromatic carbocycles. The van der Waals surface area contributed by atoms with E-state index in [0.29, 0.717) is 5.69 Å². The van der Waals surface area contributed by atoms with Gasteiger partial charge in [-0.1, -0.05) is 18.2 Å². The van der Waals surface area contributed by atoms with E-state index in [1.165, 1.54) is 11.8 Å². The molecule has 5 heteroatoms. The summed E-state index contributed by atoms with van der Waals surface area (Å²) in [5.74, 6) is -1.29. The number of rotatable bonds is 5. The monoisotopic (exact) mass is 272 g/mol. The van der Waals surface area contributed by atoms with Crippen LogP contribution in [0.4, 0.5) is 5.69 Å². The Hall–Kier alpha value is -2.56. The van der Waals surface area contributed by atoms with Gasteiger partial charge in [0.15, 0.2) is 0 Å². The Morgan fingerprint density at radius 2 is 1.90 bits per heavy atom. The number of amides is 1. The van der Waals surface area contributed by atoms with Gasteiger partial charge < -0.3 is 10.1 Å². The summed E-state index contributed by atoms with van der Waals surface area (Å²) in [6.45, 7) is 1.50. The molecule has 2 aromatic rings. The zero-order valence-corrected chi connectivity index (χ0v) is 11.1. The molecule has 0 spiro atoms. The number of anilines is 1. The Balaban J connectivity index is 2.27. The number of carbonyl (C=O) groups is 2. The fourth-order valence-electron chi connectivity index (χ4n) is 2.01. The van der Waals surface area contributed by atoms with E-state index in [2.05, 4.69) is 4.98 Å². The van der Waals surface area contributed by atoms with E-state index in [9.17, 15) is 14.7 Å². The summed E-state index contributed by atoms with van der Waals surface area (Å²) in [4.78, 5) is 27.9. The molecular weight excluding hydrogens is 256 g/mol. The van der Waals surface area contributed by atoms with Crippen LogP contribution in [0.5, 0.6) is 0 Å². The Morgan fingerprint density at radius 3 is 2.45 bits per heavy atom. The minimum Gasteiger partial charge on any atom is -0.480 e. The topological polar surface area (TPSA) is 73.4 Å². The van der Waals surface area contributed by atoms with E-state index < -0.39 is 12.0 Å². The Kier molecular flexibility index (Phi) is 4.20. The smallest absolute Gasteiger partial charge is 0.326 e. The maximum absolute atomic E-state index is 12.4. The Labute approximate surface area is 116 Å². The lowest BCUT2D eigenvalue weighted by Crippen LogP contribution is -2.44. The minimum absolute atomic E-state index is 0.138. The number of para-hydroxylation sites is 1. The van der Waals surface area contributed by atoms with Crippen molar-refractivity contribution in [2.24, 2.45) is 0 Å². The van der Waals surface area contributed by atoms with Crippen LogP contribution in [0, 0.1) is 0 Å². The molecule has 1 amide bonds. The molecule has 1 aromatic heterocycles. The first kappa shape index (κ1) is 13.9. The molecule has 0 unspecified atom stereocenters. The molecule has 2 N–H and O–H groups in total. The second-order valence-corrected chi connectivity index (χ2v) is 4.49. The van der Waals surface area contributed by atoms with Crippen molar-refractivity contribution in [1.29, 1.82) is 0 Å². The summed E-state index contributed by atoms with van der Waals surface area (Å²) in [7, 11) is 0. The van der Waals surface area contributed by atoms with Crippen LogP contribution >= 0.6 is 0 Å². The van der Waals surface area contributed by atoms with E-state index >= 15 is 0 Å². The van der Waals surface area contributed by atoms with Crippen molar-refractivity contribution in [3.05, 3.63) is 54.4 Å². The fraction of sp³-hybridized carbons (Fsp3) is 0.200. The van der Waals surface area contributed by atoms with Gasteiger partial charge in [0.25, 0.3) is 0 Å². The van der Waals surface area contributed by atoms with Crippen LogP contribution < -0.4 is 4.90 Å². The molecule has 0 radical (unpaired) electrons. The zero-order valence-electron chi connectivity index (χ0n) is 11.1. The molecule has 0 bridgehead atoms. The summed E-state index contributed by atoms with van der Waals surface area (Å²) in [6, 6.07) is 11.5. The molecule has 0 saturated heterocycles. The highest BCUT2D eigenvalue weighted by Gasteiger charge is 2.27. The van der Waals surface area contributed by atoms with Crippen molar-refractivity contribution in [2.75, 3.05) is 4.90 Å². The van der Waals surface area contributed by atoms with Crippen LogP contribution in [0.25, 0.3) is 0 Å². The summed E-state index contributed by atoms with van der Waals surface area (Å²) < 4.78 is 0. The third kappa shape index (κ3) is 3.06. The van der Waals surface area contributed by atoms with Gasteiger partial charge in [-0.05, 0) is 31.2 Å². The quantitative estimate of drug-likeness (QED) is 0.875. The number of hydrogen-bond donors (Lipinski definition) is 2. The van der Waals surface area contributed by atoms with Gasteiger partial charge in [0, 0.05) is 17.6 Å². The number of aromatic amines is 1. The molecule has 104 valence electrons. The van der Waals surface area contributed by atoms with Gasteiger partial charge in [-0.2, -0.15) is 0 Å². The van der Waals surface area contributed by atoms with Gasteiger partial charge in [-0.3, -0.25) is 9.69 Å². The van der Waals surface area contributed by atoms with Crippen molar-refractivity contribution in [2.45, 2.75) is 19.4 Å². The fourth-order valence-corrected chi connectivity index (χ4v) is 2.01. The number of H-pyrrole nitrogens is 1. The van der Waals surface area contributed by atoms with Crippen LogP contribution in [0.15, 0.2) is 48.7 Å². The first-order valence-corrected chi connectivity index (χ1v) is 6.32. The summed E-state index contributed by atoms with van der Waals surface area (Å²) in [6.07, 6.45) is 1.87. The Morgan fingerprint density at radius 1 is 1.20 bits per heavy atom. The summed E-state index contributed by atoms with van der Waals surface area (Å²) in [5.41, 5.74) is 1.34. The molecule has 2 rings (SSSR count). The number of aliphatic carboxylic acids is 1. The van der Waals surface area contributed by atoms with Crippen LogP contribution in [0.3, 0.4) is 0 Å². The molecular formula is C15H16N2O3. The predicted molar refractivity (Wildman–Crippen MR) is 75.5 cm³/mol. The van der Waals surface area contributed by atoms with E-state index in [1.54, 1.807) is 42.6 Å². The third-order valence-electron chi connectivity index (χ3n) is 3.05. The van der Waals surface area contributed by atoms with Crippen LogP contribution in [0.1, 0.15) is 12.6 Å². The SMILES string of the molecule is C[C@@H](C(=O)O)N(C(=O)Cc1ccc[nH]1)c1ccccc1. The molecule has 5 nitrogen and oxygen atoms in total. The van der Waals surface area contributed by atoms with Crippen LogP contribution in [-0.4, -0.2) is 28.0 Å². The highest BCUT2D eigenvalue weighted by molar-refractivity contribution is 5.99. The standard InChI is InChI=1S/C15H16N2O3/c1-11(15(19)20)17(13-7-3-2-4-8-13)14(18)10-12-6-5-9-16-12/h2-9,11,16H,10H2,1H3,(H,19,20)/t11-/m0/s1. The highest BCUT2D eigenvalue weighted by Crippen LogP contribution is 2.18. The molecule has 20 heavy (non-hydrogen) atoms. The van der Waals surface area contributed by atoms with E-state index in [1.807, 2.05) is 6.07 Å². The van der Waals surface area contributed by atoms with Gasteiger partial charge in [-0.25, -0.2) is 4.79 Å². The van der Waals surface area contributed by atoms with E-state index in [0.717, 1.165) is 5.69 Å². The number of benzene rings is 1. The Bertz CT molecular complexity index is 578. The lowest BCUT2D eigenvalue weighted by atomic mass is 10.2. The van der Waals surface area contributed by atoms with Gasteiger partial charge in [0.1, 0.15) is 6.04 Å². The lowest BCUT2D eigenvalue weighted by molar-refractivity contribution is -0.139. The highest BCUT2D eigenvalue weighted by atomic mass is 16.4. The number of aromatic nitrogens is 1. The first-order chi connectivity index (χ1) is 9.59. The van der Waals surface area contributed by atoms with Gasteiger partial charge in [0.05, 0.1) is 6.42 Å². The van der Waals surface area contributed by atoms with Crippen molar-refractivity contribution in [3.63, 3.8) is 0 Å². The maximum atomic E-state index is 12.4. The summed E-state index contributed by atoms with van der Waals surface area (Å²) >= 11 is 0. The van der Waals surface area contributed by atoms with Crippen molar-refractivity contribution >= 4 is 17.6 Å². The largest absolute Gasteiger partial charge is 0.480 e. The number of carbonyl (C=O) groups excluding carboxylic acids is 1. The molecule has 0 aliphatic rings. The first-order valence-electron chi connectivity index (χ1n) is 6.32. The zero-order chi connectivity index (χ0) is 14.5. The molecule has 0 fully saturated rings. The predicted octanol–water partition coefficient (Wildman–Crippen LogP) is 2.06. The molecule has 0 aliphatic heterocycles. The van der Waals surface area contributed by atoms with Crippen LogP contribution in [-0.2, 0) is 16.0 Å². The van der Waals surface area contributed by atoms with Crippen molar-refractivity contribution < 1.29 is 14.7 Å². The van der Waals surface area contributed by atoms with Gasteiger partial charge in [-0.15, -0.1) is 0 Å². The number of nitrogens with one attached hydrogen (secondary N) is 1. The van der Waals surface area contributed by atoms with Crippen molar-refractivity contribution in [3.8, 4) is 0 Å². The third-order valence-corrected chi connectivity index (χ3v) is 3.05. The average molecular weight is 272 g/mol. The molecule has 0 saturated carbocycles. The summed E-state index contributed by atoms with van der Waals surface area (Å²) in [5, 5.41) is 9.19. The molecule has 1 heterocycles. The molecule has 0 aliphatic carbocycles. The number of hydrogen-bond acceptors (Lipinski definition) is 2. The van der Waals surface area contributed by atoms with E-state index in [-0.39, 0.29) is 12.3 Å². The normalized spacial score (nSPS) is 11.8. The van der Waals surface area contributed by atoms with Crippen molar-refractivity contribution in [1.82, 2.24) is 4.98 Å². The van der Waals surface area contributed by atoms with E-state index in [4.69, 9.17) is 0 Å². The number of carboxylic acids is 1. The lowest BCUT2D eigenvalue weighted by Gasteiger charge is -2.26. The average Bonchev–Trinajstić information content (AvgIpc) is 2.92. The minimum atomic E-state index is -1.03. The van der Waals surface area contributed by atoms with Crippen LogP contribution in [0.2, 0.25) is 0 Å². The van der Waals surface area contributed by atoms with Gasteiger partial charge >= 0.3 is 5.97 Å². The maximum Gasteiger partial charge on any atom is 0.326 e. The van der Waals surface area contributed by atoms with Gasteiger partial charge in [0.2, 0.25) is 5.91 Å². The second-order valence-electron chi connectivity index (χ2n) is 4.49. The second kappa shape index (κ2) is 6.06. The number of carboxylic acid groups (broad SMARTS) is 1.